The van der Waals surface area contributed by atoms with Gasteiger partial charge < -0.3 is 13.6 Å². The van der Waals surface area contributed by atoms with Crippen LogP contribution in [0.5, 0.6) is 0 Å². The van der Waals surface area contributed by atoms with E-state index in [1.54, 1.807) is 0 Å². The molecule has 0 aliphatic heterocycles. The van der Waals surface area contributed by atoms with Crippen molar-refractivity contribution in [3.05, 3.63) is 309 Å². The maximum Gasteiger partial charge on any atom is 0.164 e. The summed E-state index contributed by atoms with van der Waals surface area (Å²) >= 11 is 0. The van der Waals surface area contributed by atoms with Crippen molar-refractivity contribution < 1.29 is 4.42 Å². The number of allylic oxidation sites excluding steroid dienone is 4. The second-order valence-corrected chi connectivity index (χ2v) is 22.6. The first-order chi connectivity index (χ1) is 43.1. The second-order valence-electron chi connectivity index (χ2n) is 22.6. The van der Waals surface area contributed by atoms with Crippen LogP contribution in [-0.2, 0) is 0 Å². The molecule has 6 heteroatoms. The van der Waals surface area contributed by atoms with E-state index in [-0.39, 0.29) is 5.92 Å². The third kappa shape index (κ3) is 8.52. The predicted molar refractivity (Wildman–Crippen MR) is 359 cm³/mol. The van der Waals surface area contributed by atoms with Crippen molar-refractivity contribution in [3.63, 3.8) is 0 Å². The molecule has 4 aromatic heterocycles. The fourth-order valence-electron chi connectivity index (χ4n) is 13.4. The molecule has 0 N–H and O–H groups in total. The van der Waals surface area contributed by atoms with Crippen LogP contribution in [0, 0.1) is 0 Å². The lowest BCUT2D eigenvalue weighted by Crippen LogP contribution is -2.04. The van der Waals surface area contributed by atoms with E-state index < -0.39 is 0 Å². The lowest BCUT2D eigenvalue weighted by Gasteiger charge is -2.21. The smallest absolute Gasteiger partial charge is 0.164 e. The number of aromatic nitrogens is 5. The molecular formula is C81H53N5O. The van der Waals surface area contributed by atoms with Crippen molar-refractivity contribution in [2.24, 2.45) is 0 Å². The molecule has 408 valence electrons. The van der Waals surface area contributed by atoms with Crippen molar-refractivity contribution >= 4 is 65.6 Å². The molecule has 12 aromatic carbocycles. The van der Waals surface area contributed by atoms with Crippen LogP contribution in [0.15, 0.2) is 308 Å². The number of fused-ring (bicyclic) bond motifs is 11. The van der Waals surface area contributed by atoms with Crippen LogP contribution >= 0.6 is 0 Å². The van der Waals surface area contributed by atoms with Gasteiger partial charge in [-0.2, -0.15) is 0 Å². The van der Waals surface area contributed by atoms with Crippen LogP contribution in [0.25, 0.3) is 156 Å². The molecule has 1 aliphatic rings. The number of rotatable bonds is 10. The maximum absolute atomic E-state index is 7.27. The van der Waals surface area contributed by atoms with E-state index in [9.17, 15) is 0 Å². The molecule has 1 atom stereocenters. The quantitative estimate of drug-likeness (QED) is 0.137. The lowest BCUT2D eigenvalue weighted by molar-refractivity contribution is 0.673. The van der Waals surface area contributed by atoms with Gasteiger partial charge in [0.2, 0.25) is 0 Å². The third-order valence-electron chi connectivity index (χ3n) is 17.5. The summed E-state index contributed by atoms with van der Waals surface area (Å²) in [6.07, 6.45) is 9.74. The molecule has 1 unspecified atom stereocenters. The third-order valence-corrected chi connectivity index (χ3v) is 17.5. The van der Waals surface area contributed by atoms with Crippen LogP contribution in [0.4, 0.5) is 0 Å². The van der Waals surface area contributed by atoms with Crippen molar-refractivity contribution in [1.29, 1.82) is 0 Å². The molecule has 0 bridgehead atoms. The van der Waals surface area contributed by atoms with E-state index in [1.165, 1.54) is 16.3 Å². The average molecular weight is 1110 g/mol. The molecule has 0 spiro atoms. The van der Waals surface area contributed by atoms with E-state index in [0.29, 0.717) is 17.5 Å². The lowest BCUT2D eigenvalue weighted by atomic mass is 9.88. The number of benzene rings is 12. The molecule has 87 heavy (non-hydrogen) atoms. The van der Waals surface area contributed by atoms with Gasteiger partial charge in [-0.15, -0.1) is 0 Å². The summed E-state index contributed by atoms with van der Waals surface area (Å²) in [7, 11) is 0. The Kier molecular flexibility index (Phi) is 11.9. The van der Waals surface area contributed by atoms with Gasteiger partial charge in [-0.05, 0) is 118 Å². The molecule has 0 saturated heterocycles. The standard InChI is InChI=1S/C81H53N5O/c1-7-23-52(24-8-1)55-39-41-58(42-40-55)79-82-80(61-48-59(53-25-9-2-10-26-53)47-60(49-61)54-27-11-3-12-28-54)84-81(83-79)62-50-68(56-29-13-4-14-30-56)76(69(51-62)57-31-15-5-16-32-57)86-71-38-22-20-36-66(71)74-72(86)45-43-67-75-73(87-78(67)74)46-44-65-64-35-19-21-37-70(64)85(77(65)75)63-33-17-6-18-34-63/h1-27,29-51,54H,28H2. The van der Waals surface area contributed by atoms with Crippen molar-refractivity contribution in [3.8, 4) is 90.0 Å². The first kappa shape index (κ1) is 50.1. The maximum atomic E-state index is 7.27. The fourth-order valence-corrected chi connectivity index (χ4v) is 13.4. The van der Waals surface area contributed by atoms with Gasteiger partial charge in [-0.25, -0.2) is 15.0 Å². The Balaban J connectivity index is 0.928. The fraction of sp³-hybridized carbons (Fsp3) is 0.0247. The van der Waals surface area contributed by atoms with Crippen LogP contribution in [-0.4, -0.2) is 24.1 Å². The number of furan rings is 1. The SMILES string of the molecule is C1=CCC(c2cc(-c3ccccc3)cc(-c3nc(-c4ccc(-c5ccccc5)cc4)nc(-c4cc(-c5ccccc5)c(-n5c6ccccc6c6c7oc8ccc9c%10ccccc%10n(-c%10ccccc%10)c9c8c7ccc65)c(-c5ccccc5)c4)n3)c2)C=C1. The van der Waals surface area contributed by atoms with E-state index in [0.717, 1.165) is 134 Å². The normalized spacial score (nSPS) is 13.3. The zero-order valence-corrected chi connectivity index (χ0v) is 47.3. The van der Waals surface area contributed by atoms with Gasteiger partial charge in [-0.3, -0.25) is 0 Å². The Bertz CT molecular complexity index is 5330. The summed E-state index contributed by atoms with van der Waals surface area (Å²) in [5.74, 6) is 1.96. The zero-order chi connectivity index (χ0) is 57.4. The van der Waals surface area contributed by atoms with Gasteiger partial charge >= 0.3 is 0 Å². The summed E-state index contributed by atoms with van der Waals surface area (Å²) in [5, 5.41) is 6.70. The Morgan fingerprint density at radius 3 is 1.48 bits per heavy atom. The average Bonchev–Trinajstić information content (AvgIpc) is 1.58. The Labute approximate surface area is 502 Å². The highest BCUT2D eigenvalue weighted by Gasteiger charge is 2.27. The van der Waals surface area contributed by atoms with Gasteiger partial charge in [0.1, 0.15) is 11.2 Å². The molecule has 0 amide bonds. The second kappa shape index (κ2) is 20.7. The Hall–Kier alpha value is -11.5. The van der Waals surface area contributed by atoms with Crippen molar-refractivity contribution in [2.75, 3.05) is 0 Å². The summed E-state index contributed by atoms with van der Waals surface area (Å²) in [6.45, 7) is 0. The summed E-state index contributed by atoms with van der Waals surface area (Å²) in [5.41, 5.74) is 20.8. The van der Waals surface area contributed by atoms with Gasteiger partial charge in [0.15, 0.2) is 17.5 Å². The summed E-state index contributed by atoms with van der Waals surface area (Å²) < 4.78 is 12.1. The topological polar surface area (TPSA) is 61.7 Å². The monoisotopic (exact) mass is 1110 g/mol. The largest absolute Gasteiger partial charge is 0.455 e. The van der Waals surface area contributed by atoms with Crippen molar-refractivity contribution in [2.45, 2.75) is 12.3 Å². The number of hydrogen-bond acceptors (Lipinski definition) is 4. The highest BCUT2D eigenvalue weighted by molar-refractivity contribution is 6.30. The van der Waals surface area contributed by atoms with Crippen LogP contribution in [0.3, 0.4) is 0 Å². The van der Waals surface area contributed by atoms with Gasteiger partial charge in [0.05, 0.1) is 38.5 Å². The van der Waals surface area contributed by atoms with E-state index >= 15 is 0 Å². The summed E-state index contributed by atoms with van der Waals surface area (Å²) in [4.78, 5) is 16.5. The highest BCUT2D eigenvalue weighted by atomic mass is 16.3. The van der Waals surface area contributed by atoms with Crippen molar-refractivity contribution in [1.82, 2.24) is 24.1 Å². The van der Waals surface area contributed by atoms with Crippen LogP contribution in [0.2, 0.25) is 0 Å². The highest BCUT2D eigenvalue weighted by Crippen LogP contribution is 2.48. The van der Waals surface area contributed by atoms with Gasteiger partial charge in [0, 0.05) is 61.0 Å². The van der Waals surface area contributed by atoms with E-state index in [4.69, 9.17) is 19.4 Å². The number of nitrogens with zero attached hydrogens (tertiary/aromatic N) is 5. The molecular weight excluding hydrogens is 1060 g/mol. The molecule has 0 fully saturated rings. The minimum Gasteiger partial charge on any atom is -0.455 e. The zero-order valence-electron chi connectivity index (χ0n) is 47.3. The van der Waals surface area contributed by atoms with E-state index in [1.807, 2.05) is 0 Å². The first-order valence-corrected chi connectivity index (χ1v) is 29.8. The van der Waals surface area contributed by atoms with Gasteiger partial charge in [0.25, 0.3) is 0 Å². The Morgan fingerprint density at radius 1 is 0.345 bits per heavy atom. The number of para-hydroxylation sites is 3. The minimum absolute atomic E-state index is 0.200. The van der Waals surface area contributed by atoms with Crippen LogP contribution < -0.4 is 0 Å². The molecule has 1 aliphatic carbocycles. The molecule has 17 rings (SSSR count). The molecule has 16 aromatic rings. The molecule has 6 nitrogen and oxygen atoms in total. The Morgan fingerprint density at radius 2 is 0.851 bits per heavy atom. The molecule has 0 radical (unpaired) electrons. The number of hydrogen-bond donors (Lipinski definition) is 0. The predicted octanol–water partition coefficient (Wildman–Crippen LogP) is 21.2. The van der Waals surface area contributed by atoms with Crippen LogP contribution in [0.1, 0.15) is 17.9 Å². The first-order valence-electron chi connectivity index (χ1n) is 29.8. The summed E-state index contributed by atoms with van der Waals surface area (Å²) in [6, 6.07) is 99.8. The minimum atomic E-state index is 0.200. The van der Waals surface area contributed by atoms with Gasteiger partial charge in [-0.1, -0.05) is 231 Å². The molecule has 4 heterocycles. The molecule has 0 saturated carbocycles. The van der Waals surface area contributed by atoms with E-state index in [2.05, 4.69) is 312 Å².